The molecule has 4 rings (SSSR count). The third kappa shape index (κ3) is 5.19. The van der Waals surface area contributed by atoms with Crippen molar-refractivity contribution in [2.75, 3.05) is 13.8 Å². The summed E-state index contributed by atoms with van der Waals surface area (Å²) in [5, 5.41) is 0. The molecule has 0 aliphatic carbocycles. The zero-order valence-corrected chi connectivity index (χ0v) is 18.2. The molecule has 1 aliphatic rings. The Morgan fingerprint density at radius 2 is 1.88 bits per heavy atom. The number of carbonyl (C=O) groups excluding carboxylic acids is 1. The summed E-state index contributed by atoms with van der Waals surface area (Å²) in [6.45, 7) is 0.690. The van der Waals surface area contributed by atoms with Gasteiger partial charge in [-0.3, -0.25) is 4.79 Å². The highest BCUT2D eigenvalue weighted by Gasteiger charge is 2.15. The summed E-state index contributed by atoms with van der Waals surface area (Å²) in [7, 11) is -1.96. The minimum Gasteiger partial charge on any atom is -0.468 e. The number of rotatable bonds is 8. The molecule has 2 heterocycles. The molecule has 0 saturated carbocycles. The SMILES string of the molecule is CN(Cc1ccc2c(c1)OCO2)C(=O)/C=C/c1ccc(S(=O)(=O)NCc2ccco2)cc1. The van der Waals surface area contributed by atoms with Crippen LogP contribution in [0.4, 0.5) is 0 Å². The lowest BCUT2D eigenvalue weighted by molar-refractivity contribution is -0.125. The molecule has 2 aromatic carbocycles. The van der Waals surface area contributed by atoms with Crippen LogP contribution in [0.5, 0.6) is 11.5 Å². The van der Waals surface area contributed by atoms with E-state index in [9.17, 15) is 13.2 Å². The van der Waals surface area contributed by atoms with Crippen LogP contribution in [-0.4, -0.2) is 33.1 Å². The Labute approximate surface area is 186 Å². The number of fused-ring (bicyclic) bond motifs is 1. The average molecular weight is 455 g/mol. The first kappa shape index (κ1) is 21.7. The summed E-state index contributed by atoms with van der Waals surface area (Å²) in [6, 6.07) is 15.2. The predicted molar refractivity (Wildman–Crippen MR) is 117 cm³/mol. The predicted octanol–water partition coefficient (Wildman–Crippen LogP) is 3.16. The van der Waals surface area contributed by atoms with Crippen molar-refractivity contribution >= 4 is 22.0 Å². The highest BCUT2D eigenvalue weighted by Crippen LogP contribution is 2.32. The van der Waals surface area contributed by atoms with Crippen molar-refractivity contribution in [2.45, 2.75) is 18.0 Å². The normalized spacial score (nSPS) is 12.9. The van der Waals surface area contributed by atoms with Gasteiger partial charge in [-0.05, 0) is 53.6 Å². The standard InChI is InChI=1S/C23H22N2O6S/c1-25(15-18-6-10-21-22(13-18)31-16-30-21)23(26)11-7-17-4-8-20(9-5-17)32(27,28)24-14-19-3-2-12-29-19/h2-13,24H,14-16H2,1H3/b11-7+. The lowest BCUT2D eigenvalue weighted by Crippen LogP contribution is -2.24. The van der Waals surface area contributed by atoms with E-state index < -0.39 is 10.0 Å². The van der Waals surface area contributed by atoms with E-state index in [-0.39, 0.29) is 24.1 Å². The second-order valence-electron chi connectivity index (χ2n) is 7.19. The van der Waals surface area contributed by atoms with E-state index in [0.29, 0.717) is 29.4 Å². The smallest absolute Gasteiger partial charge is 0.246 e. The first-order chi connectivity index (χ1) is 15.4. The van der Waals surface area contributed by atoms with Gasteiger partial charge >= 0.3 is 0 Å². The maximum absolute atomic E-state index is 12.4. The van der Waals surface area contributed by atoms with Crippen molar-refractivity contribution in [1.29, 1.82) is 0 Å². The number of hydrogen-bond acceptors (Lipinski definition) is 6. The quantitative estimate of drug-likeness (QED) is 0.525. The Kier molecular flexibility index (Phi) is 6.29. The van der Waals surface area contributed by atoms with Gasteiger partial charge in [-0.15, -0.1) is 0 Å². The third-order valence-electron chi connectivity index (χ3n) is 4.86. The molecule has 0 radical (unpaired) electrons. The molecule has 32 heavy (non-hydrogen) atoms. The van der Waals surface area contributed by atoms with Crippen LogP contribution in [0.2, 0.25) is 0 Å². The number of likely N-dealkylation sites (N-methyl/N-ethyl adjacent to an activating group) is 1. The van der Waals surface area contributed by atoms with Crippen molar-refractivity contribution in [3.8, 4) is 11.5 Å². The topological polar surface area (TPSA) is 98.1 Å². The molecule has 0 unspecified atom stereocenters. The number of amides is 1. The van der Waals surface area contributed by atoms with Crippen molar-refractivity contribution in [3.63, 3.8) is 0 Å². The minimum atomic E-state index is -3.67. The highest BCUT2D eigenvalue weighted by atomic mass is 32.2. The summed E-state index contributed by atoms with van der Waals surface area (Å²) >= 11 is 0. The molecule has 1 aromatic heterocycles. The number of nitrogens with one attached hydrogen (secondary N) is 1. The van der Waals surface area contributed by atoms with Crippen LogP contribution in [0.25, 0.3) is 6.08 Å². The summed E-state index contributed by atoms with van der Waals surface area (Å²) in [6.07, 6.45) is 4.58. The van der Waals surface area contributed by atoms with Crippen LogP contribution in [0.1, 0.15) is 16.9 Å². The van der Waals surface area contributed by atoms with Crippen LogP contribution >= 0.6 is 0 Å². The summed E-state index contributed by atoms with van der Waals surface area (Å²) < 4.78 is 43.1. The summed E-state index contributed by atoms with van der Waals surface area (Å²) in [5.74, 6) is 1.72. The molecule has 0 fully saturated rings. The molecule has 0 spiro atoms. The van der Waals surface area contributed by atoms with E-state index in [1.165, 1.54) is 24.5 Å². The van der Waals surface area contributed by atoms with Crippen LogP contribution in [0.3, 0.4) is 0 Å². The molecule has 0 atom stereocenters. The van der Waals surface area contributed by atoms with Crippen molar-refractivity contribution in [3.05, 3.63) is 83.8 Å². The molecule has 9 heteroatoms. The van der Waals surface area contributed by atoms with Gasteiger partial charge in [0, 0.05) is 19.7 Å². The van der Waals surface area contributed by atoms with E-state index >= 15 is 0 Å². The number of nitrogens with zero attached hydrogens (tertiary/aromatic N) is 1. The van der Waals surface area contributed by atoms with Crippen molar-refractivity contribution in [2.24, 2.45) is 0 Å². The van der Waals surface area contributed by atoms with Gasteiger partial charge in [0.2, 0.25) is 22.7 Å². The Morgan fingerprint density at radius 1 is 1.09 bits per heavy atom. The fraction of sp³-hybridized carbons (Fsp3) is 0.174. The number of furan rings is 1. The van der Waals surface area contributed by atoms with E-state index in [1.807, 2.05) is 18.2 Å². The molecule has 0 bridgehead atoms. The first-order valence-electron chi connectivity index (χ1n) is 9.84. The molecular formula is C23H22N2O6S. The van der Waals surface area contributed by atoms with Gasteiger partial charge in [-0.25, -0.2) is 13.1 Å². The maximum atomic E-state index is 12.4. The summed E-state index contributed by atoms with van der Waals surface area (Å²) in [4.78, 5) is 14.2. The number of ether oxygens (including phenoxy) is 2. The second kappa shape index (κ2) is 9.29. The lowest BCUT2D eigenvalue weighted by Gasteiger charge is -2.15. The third-order valence-corrected chi connectivity index (χ3v) is 6.28. The van der Waals surface area contributed by atoms with E-state index in [4.69, 9.17) is 13.9 Å². The molecule has 1 amide bonds. The van der Waals surface area contributed by atoms with Crippen LogP contribution in [0, 0.1) is 0 Å². The Balaban J connectivity index is 1.34. The number of hydrogen-bond donors (Lipinski definition) is 1. The minimum absolute atomic E-state index is 0.0706. The Hall–Kier alpha value is -3.56. The monoisotopic (exact) mass is 454 g/mol. The van der Waals surface area contributed by atoms with Gasteiger partial charge in [0.15, 0.2) is 11.5 Å². The van der Waals surface area contributed by atoms with Gasteiger partial charge < -0.3 is 18.8 Å². The fourth-order valence-corrected chi connectivity index (χ4v) is 4.10. The van der Waals surface area contributed by atoms with Crippen LogP contribution in [0.15, 0.2) is 76.2 Å². The van der Waals surface area contributed by atoms with Crippen LogP contribution in [-0.2, 0) is 27.9 Å². The molecule has 1 N–H and O–H groups in total. The molecule has 0 saturated heterocycles. The molecule has 166 valence electrons. The van der Waals surface area contributed by atoms with Crippen molar-refractivity contribution < 1.29 is 27.1 Å². The Morgan fingerprint density at radius 3 is 2.62 bits per heavy atom. The zero-order valence-electron chi connectivity index (χ0n) is 17.4. The van der Waals surface area contributed by atoms with E-state index in [1.54, 1.807) is 42.3 Å². The number of benzene rings is 2. The van der Waals surface area contributed by atoms with Crippen LogP contribution < -0.4 is 14.2 Å². The molecule has 8 nitrogen and oxygen atoms in total. The van der Waals surface area contributed by atoms with Gasteiger partial charge in [0.05, 0.1) is 17.7 Å². The maximum Gasteiger partial charge on any atom is 0.246 e. The molecule has 1 aliphatic heterocycles. The Bertz CT molecular complexity index is 1220. The average Bonchev–Trinajstić information content (AvgIpc) is 3.48. The summed E-state index contributed by atoms with van der Waals surface area (Å²) in [5.41, 5.74) is 1.63. The molecule has 3 aromatic rings. The number of carbonyl (C=O) groups is 1. The highest BCUT2D eigenvalue weighted by molar-refractivity contribution is 7.89. The fourth-order valence-electron chi connectivity index (χ4n) is 3.11. The van der Waals surface area contributed by atoms with Crippen molar-refractivity contribution in [1.82, 2.24) is 9.62 Å². The van der Waals surface area contributed by atoms with Gasteiger partial charge in [-0.2, -0.15) is 0 Å². The zero-order chi connectivity index (χ0) is 22.6. The van der Waals surface area contributed by atoms with Gasteiger partial charge in [0.1, 0.15) is 5.76 Å². The van der Waals surface area contributed by atoms with Gasteiger partial charge in [0.25, 0.3) is 0 Å². The van der Waals surface area contributed by atoms with Gasteiger partial charge in [-0.1, -0.05) is 18.2 Å². The lowest BCUT2D eigenvalue weighted by atomic mass is 10.2. The first-order valence-corrected chi connectivity index (χ1v) is 11.3. The molecular weight excluding hydrogens is 432 g/mol. The van der Waals surface area contributed by atoms with E-state index in [0.717, 1.165) is 5.56 Å². The second-order valence-corrected chi connectivity index (χ2v) is 8.96. The largest absolute Gasteiger partial charge is 0.468 e. The number of sulfonamides is 1. The van der Waals surface area contributed by atoms with E-state index in [2.05, 4.69) is 4.72 Å².